The maximum Gasteiger partial charge on any atom is 0.157 e. The van der Waals surface area contributed by atoms with Gasteiger partial charge in [-0.2, -0.15) is 5.26 Å². The molecule has 0 fully saturated rings. The first-order chi connectivity index (χ1) is 8.13. The molecule has 1 aromatic carbocycles. The van der Waals surface area contributed by atoms with Gasteiger partial charge in [-0.15, -0.1) is 0 Å². The van der Waals surface area contributed by atoms with Gasteiger partial charge in [-0.05, 0) is 29.9 Å². The third kappa shape index (κ3) is 2.24. The maximum atomic E-state index is 12.2. The smallest absolute Gasteiger partial charge is 0.157 e. The zero-order chi connectivity index (χ0) is 12.4. The molecular formula is C15H17NO. The average molecular weight is 227 g/mol. The number of ketones is 1. The van der Waals surface area contributed by atoms with Crippen molar-refractivity contribution < 1.29 is 4.79 Å². The zero-order valence-corrected chi connectivity index (χ0v) is 10.3. The molecule has 0 amide bonds. The maximum absolute atomic E-state index is 12.2. The molecule has 0 aromatic heterocycles. The molecule has 1 aliphatic rings. The van der Waals surface area contributed by atoms with E-state index in [-0.39, 0.29) is 11.7 Å². The first-order valence-electron chi connectivity index (χ1n) is 6.14. The number of carbonyl (C=O) groups excluding carboxylic acids is 1. The molecule has 0 spiro atoms. The van der Waals surface area contributed by atoms with Crippen molar-refractivity contribution in [3.05, 3.63) is 35.4 Å². The van der Waals surface area contributed by atoms with Gasteiger partial charge in [0.25, 0.3) is 0 Å². The van der Waals surface area contributed by atoms with Crippen molar-refractivity contribution in [2.24, 2.45) is 11.8 Å². The largest absolute Gasteiger partial charge is 0.298 e. The number of benzene rings is 1. The molecule has 2 rings (SSSR count). The Labute approximate surface area is 102 Å². The Bertz CT molecular complexity index is 470. The van der Waals surface area contributed by atoms with E-state index in [2.05, 4.69) is 12.1 Å². The van der Waals surface area contributed by atoms with Gasteiger partial charge in [0, 0.05) is 5.92 Å². The fourth-order valence-corrected chi connectivity index (χ4v) is 2.46. The Kier molecular flexibility index (Phi) is 3.28. The predicted octanol–water partition coefficient (Wildman–Crippen LogP) is 3.08. The van der Waals surface area contributed by atoms with E-state index >= 15 is 0 Å². The van der Waals surface area contributed by atoms with Gasteiger partial charge < -0.3 is 0 Å². The molecule has 88 valence electrons. The van der Waals surface area contributed by atoms with Crippen LogP contribution in [0.2, 0.25) is 0 Å². The topological polar surface area (TPSA) is 40.9 Å². The zero-order valence-electron chi connectivity index (χ0n) is 10.3. The van der Waals surface area contributed by atoms with Gasteiger partial charge in [-0.25, -0.2) is 0 Å². The summed E-state index contributed by atoms with van der Waals surface area (Å²) in [6.45, 7) is 4.10. The van der Waals surface area contributed by atoms with E-state index < -0.39 is 5.92 Å². The fourth-order valence-electron chi connectivity index (χ4n) is 2.46. The molecule has 0 saturated heterocycles. The first kappa shape index (κ1) is 11.9. The van der Waals surface area contributed by atoms with E-state index in [1.807, 2.05) is 32.0 Å². The van der Waals surface area contributed by atoms with Crippen molar-refractivity contribution >= 4 is 5.78 Å². The van der Waals surface area contributed by atoms with Gasteiger partial charge in [0.05, 0.1) is 6.07 Å². The van der Waals surface area contributed by atoms with E-state index in [1.54, 1.807) is 0 Å². The van der Waals surface area contributed by atoms with Crippen molar-refractivity contribution in [1.29, 1.82) is 5.26 Å². The molecule has 0 bridgehead atoms. The van der Waals surface area contributed by atoms with Crippen LogP contribution in [0, 0.1) is 23.2 Å². The fraction of sp³-hybridized carbons (Fsp3) is 0.467. The molecule has 2 nitrogen and oxygen atoms in total. The number of carbonyl (C=O) groups is 1. The van der Waals surface area contributed by atoms with Crippen molar-refractivity contribution in [3.8, 4) is 6.07 Å². The van der Waals surface area contributed by atoms with Crippen molar-refractivity contribution in [1.82, 2.24) is 0 Å². The lowest BCUT2D eigenvalue weighted by Gasteiger charge is -2.30. The van der Waals surface area contributed by atoms with Crippen LogP contribution in [0.3, 0.4) is 0 Å². The minimum absolute atomic E-state index is 0.0328. The molecule has 17 heavy (non-hydrogen) atoms. The minimum atomic E-state index is -0.437. The summed E-state index contributed by atoms with van der Waals surface area (Å²) < 4.78 is 0. The third-order valence-electron chi connectivity index (χ3n) is 3.40. The van der Waals surface area contributed by atoms with Crippen LogP contribution in [0.5, 0.6) is 0 Å². The number of fused-ring (bicyclic) bond motifs is 1. The summed E-state index contributed by atoms with van der Waals surface area (Å²) >= 11 is 0. The van der Waals surface area contributed by atoms with Crippen molar-refractivity contribution in [2.45, 2.75) is 32.6 Å². The molecule has 1 aromatic rings. The molecule has 0 N–H and O–H groups in total. The number of Topliss-reactive ketones (excluding diaryl/α,β-unsaturated/α-hetero) is 1. The standard InChI is InChI=1S/C15H17NO/c1-10(2)7-12(9-16)15(17)14-8-11-5-3-4-6-13(11)14/h3-6,10,12,14H,7-8H2,1-2H3. The van der Waals surface area contributed by atoms with Crippen LogP contribution in [0.15, 0.2) is 24.3 Å². The van der Waals surface area contributed by atoms with Gasteiger partial charge >= 0.3 is 0 Å². The Balaban J connectivity index is 2.11. The van der Waals surface area contributed by atoms with Crippen LogP contribution in [-0.4, -0.2) is 5.78 Å². The Morgan fingerprint density at radius 2 is 2.18 bits per heavy atom. The summed E-state index contributed by atoms with van der Waals surface area (Å²) in [6, 6.07) is 10.2. The lowest BCUT2D eigenvalue weighted by atomic mass is 9.71. The highest BCUT2D eigenvalue weighted by atomic mass is 16.1. The number of hydrogen-bond acceptors (Lipinski definition) is 2. The highest BCUT2D eigenvalue weighted by Crippen LogP contribution is 2.37. The molecule has 2 atom stereocenters. The Hall–Kier alpha value is -1.62. The molecule has 0 radical (unpaired) electrons. The summed E-state index contributed by atoms with van der Waals surface area (Å²) in [7, 11) is 0. The van der Waals surface area contributed by atoms with Gasteiger partial charge in [0.2, 0.25) is 0 Å². The van der Waals surface area contributed by atoms with Gasteiger partial charge in [-0.1, -0.05) is 38.1 Å². The second-order valence-electron chi connectivity index (χ2n) is 5.17. The first-order valence-corrected chi connectivity index (χ1v) is 6.14. The van der Waals surface area contributed by atoms with Gasteiger partial charge in [-0.3, -0.25) is 4.79 Å². The number of rotatable bonds is 4. The lowest BCUT2D eigenvalue weighted by molar-refractivity contribution is -0.123. The molecule has 0 heterocycles. The summed E-state index contributed by atoms with van der Waals surface area (Å²) in [5.74, 6) is 0.0294. The van der Waals surface area contributed by atoms with Crippen LogP contribution >= 0.6 is 0 Å². The molecular weight excluding hydrogens is 210 g/mol. The van der Waals surface area contributed by atoms with Gasteiger partial charge in [0.15, 0.2) is 5.78 Å². The Morgan fingerprint density at radius 1 is 1.47 bits per heavy atom. The Morgan fingerprint density at radius 3 is 2.76 bits per heavy atom. The monoisotopic (exact) mass is 227 g/mol. The lowest BCUT2D eigenvalue weighted by Crippen LogP contribution is -2.30. The van der Waals surface area contributed by atoms with Crippen LogP contribution in [0.4, 0.5) is 0 Å². The van der Waals surface area contributed by atoms with Crippen LogP contribution in [0.1, 0.15) is 37.3 Å². The normalized spacial score (nSPS) is 19.1. The second-order valence-corrected chi connectivity index (χ2v) is 5.17. The van der Waals surface area contributed by atoms with Crippen LogP contribution in [-0.2, 0) is 11.2 Å². The van der Waals surface area contributed by atoms with E-state index in [0.29, 0.717) is 12.3 Å². The molecule has 0 aliphatic heterocycles. The molecule has 1 aliphatic carbocycles. The molecule has 2 unspecified atom stereocenters. The average Bonchev–Trinajstić information content (AvgIpc) is 2.27. The predicted molar refractivity (Wildman–Crippen MR) is 66.5 cm³/mol. The van der Waals surface area contributed by atoms with E-state index in [0.717, 1.165) is 12.0 Å². The van der Waals surface area contributed by atoms with Gasteiger partial charge in [0.1, 0.15) is 5.92 Å². The molecule has 0 saturated carbocycles. The summed E-state index contributed by atoms with van der Waals surface area (Å²) in [6.07, 6.45) is 1.49. The highest BCUT2D eigenvalue weighted by Gasteiger charge is 2.35. The van der Waals surface area contributed by atoms with E-state index in [1.165, 1.54) is 5.56 Å². The molecule has 2 heteroatoms. The summed E-state index contributed by atoms with van der Waals surface area (Å²) in [5, 5.41) is 9.09. The number of hydrogen-bond donors (Lipinski definition) is 0. The van der Waals surface area contributed by atoms with E-state index in [9.17, 15) is 4.79 Å². The third-order valence-corrected chi connectivity index (χ3v) is 3.40. The quantitative estimate of drug-likeness (QED) is 0.793. The number of nitriles is 1. The van der Waals surface area contributed by atoms with Crippen molar-refractivity contribution in [3.63, 3.8) is 0 Å². The minimum Gasteiger partial charge on any atom is -0.298 e. The van der Waals surface area contributed by atoms with E-state index in [4.69, 9.17) is 5.26 Å². The summed E-state index contributed by atoms with van der Waals surface area (Å²) in [4.78, 5) is 12.2. The highest BCUT2D eigenvalue weighted by molar-refractivity contribution is 5.92. The number of nitrogens with zero attached hydrogens (tertiary/aromatic N) is 1. The summed E-state index contributed by atoms with van der Waals surface area (Å²) in [5.41, 5.74) is 2.38. The van der Waals surface area contributed by atoms with Crippen LogP contribution in [0.25, 0.3) is 0 Å². The SMILES string of the molecule is CC(C)CC(C#N)C(=O)C1Cc2ccccc21. The van der Waals surface area contributed by atoms with Crippen molar-refractivity contribution in [2.75, 3.05) is 0 Å². The second kappa shape index (κ2) is 4.71. The van der Waals surface area contributed by atoms with Crippen LogP contribution < -0.4 is 0 Å².